The van der Waals surface area contributed by atoms with Crippen molar-refractivity contribution in [2.24, 2.45) is 0 Å². The summed E-state index contributed by atoms with van der Waals surface area (Å²) >= 11 is 1.47. The van der Waals surface area contributed by atoms with E-state index >= 15 is 0 Å². The Morgan fingerprint density at radius 2 is 2.15 bits per heavy atom. The largest absolute Gasteiger partial charge is 0.504 e. The average molecular weight is 369 g/mol. The number of anilines is 1. The number of phenols is 1. The fourth-order valence-corrected chi connectivity index (χ4v) is 3.71. The second kappa shape index (κ2) is 6.84. The number of amides is 2. The van der Waals surface area contributed by atoms with E-state index in [0.717, 1.165) is 28.6 Å². The van der Waals surface area contributed by atoms with Gasteiger partial charge in [0.2, 0.25) is 0 Å². The third-order valence-electron chi connectivity index (χ3n) is 4.35. The SMILES string of the molecule is COc1cc(CN(C(=O)Nc2nc3ccccc3s2)C2CC2)ccc1O. The number of nitrogens with one attached hydrogen (secondary N) is 1. The second-order valence-electron chi connectivity index (χ2n) is 6.28. The summed E-state index contributed by atoms with van der Waals surface area (Å²) in [4.78, 5) is 19.1. The number of benzene rings is 2. The zero-order chi connectivity index (χ0) is 18.1. The molecule has 1 aliphatic rings. The monoisotopic (exact) mass is 369 g/mol. The number of aromatic nitrogens is 1. The predicted molar refractivity (Wildman–Crippen MR) is 102 cm³/mol. The number of fused-ring (bicyclic) bond motifs is 1. The number of methoxy groups -OCH3 is 1. The van der Waals surface area contributed by atoms with Gasteiger partial charge in [-0.3, -0.25) is 5.32 Å². The Labute approximate surface area is 155 Å². The van der Waals surface area contributed by atoms with Crippen LogP contribution in [0, 0.1) is 0 Å². The minimum absolute atomic E-state index is 0.0909. The molecule has 1 heterocycles. The van der Waals surface area contributed by atoms with Crippen molar-refractivity contribution in [1.29, 1.82) is 0 Å². The van der Waals surface area contributed by atoms with E-state index < -0.39 is 0 Å². The standard InChI is InChI=1S/C19H19N3O3S/c1-25-16-10-12(6-9-15(16)23)11-22(13-7-8-13)19(24)21-18-20-14-4-2-3-5-17(14)26-18/h2-6,9-10,13,23H,7-8,11H2,1H3,(H,20,21,24). The summed E-state index contributed by atoms with van der Waals surface area (Å²) < 4.78 is 6.20. The molecule has 2 amide bonds. The summed E-state index contributed by atoms with van der Waals surface area (Å²) in [7, 11) is 1.51. The maximum atomic E-state index is 12.8. The van der Waals surface area contributed by atoms with E-state index in [9.17, 15) is 9.90 Å². The molecule has 4 rings (SSSR count). The van der Waals surface area contributed by atoms with Gasteiger partial charge in [-0.1, -0.05) is 29.5 Å². The lowest BCUT2D eigenvalue weighted by molar-refractivity contribution is 0.206. The number of carbonyl (C=O) groups excluding carboxylic acids is 1. The van der Waals surface area contributed by atoms with Gasteiger partial charge in [0, 0.05) is 12.6 Å². The number of ether oxygens (including phenoxy) is 1. The van der Waals surface area contributed by atoms with Crippen LogP contribution < -0.4 is 10.1 Å². The molecule has 0 bridgehead atoms. The van der Waals surface area contributed by atoms with Gasteiger partial charge in [-0.05, 0) is 42.7 Å². The molecule has 0 radical (unpaired) electrons. The highest BCUT2D eigenvalue weighted by molar-refractivity contribution is 7.22. The minimum atomic E-state index is -0.154. The summed E-state index contributed by atoms with van der Waals surface area (Å²) in [6.07, 6.45) is 2.00. The number of hydrogen-bond donors (Lipinski definition) is 2. The fourth-order valence-electron chi connectivity index (χ4n) is 2.86. The van der Waals surface area contributed by atoms with Crippen LogP contribution in [-0.4, -0.2) is 34.2 Å². The van der Waals surface area contributed by atoms with Crippen LogP contribution in [-0.2, 0) is 6.54 Å². The molecule has 1 fully saturated rings. The summed E-state index contributed by atoms with van der Waals surface area (Å²) in [5, 5.41) is 13.3. The van der Waals surface area contributed by atoms with Crippen LogP contribution in [0.4, 0.5) is 9.93 Å². The summed E-state index contributed by atoms with van der Waals surface area (Å²) in [5.74, 6) is 0.498. The van der Waals surface area contributed by atoms with Crippen LogP contribution in [0.3, 0.4) is 0 Å². The molecule has 1 aromatic heterocycles. The van der Waals surface area contributed by atoms with E-state index in [4.69, 9.17) is 4.74 Å². The summed E-state index contributed by atoms with van der Waals surface area (Å²) in [6.45, 7) is 0.456. The van der Waals surface area contributed by atoms with Crippen molar-refractivity contribution in [3.05, 3.63) is 48.0 Å². The molecule has 0 unspecified atom stereocenters. The number of hydrogen-bond acceptors (Lipinski definition) is 5. The lowest BCUT2D eigenvalue weighted by atomic mass is 10.2. The lowest BCUT2D eigenvalue weighted by Gasteiger charge is -2.22. The molecule has 0 atom stereocenters. The fraction of sp³-hybridized carbons (Fsp3) is 0.263. The van der Waals surface area contributed by atoms with E-state index in [1.165, 1.54) is 18.4 Å². The number of para-hydroxylation sites is 1. The highest BCUT2D eigenvalue weighted by atomic mass is 32.1. The Morgan fingerprint density at radius 3 is 2.88 bits per heavy atom. The van der Waals surface area contributed by atoms with Crippen LogP contribution in [0.25, 0.3) is 10.2 Å². The maximum Gasteiger partial charge on any atom is 0.324 e. The maximum absolute atomic E-state index is 12.8. The molecule has 6 nitrogen and oxygen atoms in total. The van der Waals surface area contributed by atoms with E-state index in [-0.39, 0.29) is 17.8 Å². The van der Waals surface area contributed by atoms with Crippen molar-refractivity contribution in [2.75, 3.05) is 12.4 Å². The first-order valence-corrected chi connectivity index (χ1v) is 9.25. The first-order valence-electron chi connectivity index (χ1n) is 8.43. The molecule has 7 heteroatoms. The summed E-state index contributed by atoms with van der Waals surface area (Å²) in [6, 6.07) is 13.1. The normalized spacial score (nSPS) is 13.6. The van der Waals surface area contributed by atoms with Crippen LogP contribution in [0.5, 0.6) is 11.5 Å². The van der Waals surface area contributed by atoms with Gasteiger partial charge >= 0.3 is 6.03 Å². The van der Waals surface area contributed by atoms with Gasteiger partial charge in [-0.25, -0.2) is 9.78 Å². The Bertz CT molecular complexity index is 919. The molecule has 2 N–H and O–H groups in total. The Morgan fingerprint density at radius 1 is 1.35 bits per heavy atom. The van der Waals surface area contributed by atoms with Crippen LogP contribution in [0.2, 0.25) is 0 Å². The number of aromatic hydroxyl groups is 1. The van der Waals surface area contributed by atoms with Crippen molar-refractivity contribution < 1.29 is 14.6 Å². The zero-order valence-electron chi connectivity index (χ0n) is 14.3. The van der Waals surface area contributed by atoms with Gasteiger partial charge < -0.3 is 14.7 Å². The van der Waals surface area contributed by atoms with E-state index in [1.807, 2.05) is 29.2 Å². The van der Waals surface area contributed by atoms with E-state index in [1.54, 1.807) is 18.2 Å². The van der Waals surface area contributed by atoms with Crippen LogP contribution in [0.15, 0.2) is 42.5 Å². The number of carbonyl (C=O) groups is 1. The molecular formula is C19H19N3O3S. The molecule has 0 aliphatic heterocycles. The van der Waals surface area contributed by atoms with Crippen LogP contribution >= 0.6 is 11.3 Å². The number of urea groups is 1. The van der Waals surface area contributed by atoms with Crippen molar-refractivity contribution in [1.82, 2.24) is 9.88 Å². The van der Waals surface area contributed by atoms with E-state index in [0.29, 0.717) is 17.4 Å². The first-order chi connectivity index (χ1) is 12.6. The van der Waals surface area contributed by atoms with Gasteiger partial charge in [-0.2, -0.15) is 0 Å². The molecule has 1 aliphatic carbocycles. The second-order valence-corrected chi connectivity index (χ2v) is 7.31. The molecule has 26 heavy (non-hydrogen) atoms. The number of thiazole rings is 1. The molecule has 134 valence electrons. The molecule has 1 saturated carbocycles. The smallest absolute Gasteiger partial charge is 0.324 e. The third-order valence-corrected chi connectivity index (χ3v) is 5.31. The van der Waals surface area contributed by atoms with Crippen LogP contribution in [0.1, 0.15) is 18.4 Å². The quantitative estimate of drug-likeness (QED) is 0.707. The number of rotatable bonds is 5. The zero-order valence-corrected chi connectivity index (χ0v) is 15.1. The molecule has 0 saturated heterocycles. The Balaban J connectivity index is 1.51. The van der Waals surface area contributed by atoms with Crippen molar-refractivity contribution in [3.63, 3.8) is 0 Å². The highest BCUT2D eigenvalue weighted by Crippen LogP contribution is 2.32. The van der Waals surface area contributed by atoms with Gasteiger partial charge in [0.15, 0.2) is 16.6 Å². The average Bonchev–Trinajstić information content (AvgIpc) is 3.40. The Kier molecular flexibility index (Phi) is 4.38. The summed E-state index contributed by atoms with van der Waals surface area (Å²) in [5.41, 5.74) is 1.79. The predicted octanol–water partition coefficient (Wildman–Crippen LogP) is 4.21. The lowest BCUT2D eigenvalue weighted by Crippen LogP contribution is -2.36. The van der Waals surface area contributed by atoms with Gasteiger partial charge in [-0.15, -0.1) is 0 Å². The van der Waals surface area contributed by atoms with Crippen molar-refractivity contribution in [2.45, 2.75) is 25.4 Å². The van der Waals surface area contributed by atoms with Gasteiger partial charge in [0.25, 0.3) is 0 Å². The number of nitrogens with zero attached hydrogens (tertiary/aromatic N) is 2. The van der Waals surface area contributed by atoms with E-state index in [2.05, 4.69) is 10.3 Å². The first kappa shape index (κ1) is 16.7. The molecule has 2 aromatic carbocycles. The minimum Gasteiger partial charge on any atom is -0.504 e. The van der Waals surface area contributed by atoms with Gasteiger partial charge in [0.1, 0.15) is 0 Å². The highest BCUT2D eigenvalue weighted by Gasteiger charge is 2.33. The van der Waals surface area contributed by atoms with Crippen molar-refractivity contribution >= 4 is 32.7 Å². The Hall–Kier alpha value is -2.80. The molecule has 0 spiro atoms. The topological polar surface area (TPSA) is 74.7 Å². The molecule has 3 aromatic rings. The third kappa shape index (κ3) is 3.43. The van der Waals surface area contributed by atoms with Gasteiger partial charge in [0.05, 0.1) is 17.3 Å². The van der Waals surface area contributed by atoms with Crippen molar-refractivity contribution in [3.8, 4) is 11.5 Å². The number of phenolic OH excluding ortho intramolecular Hbond substituents is 1. The molecular weight excluding hydrogens is 350 g/mol.